The van der Waals surface area contributed by atoms with E-state index in [9.17, 15) is 4.79 Å². The van der Waals surface area contributed by atoms with Gasteiger partial charge in [-0.3, -0.25) is 0 Å². The van der Waals surface area contributed by atoms with Crippen LogP contribution in [-0.2, 0) is 4.79 Å². The quantitative estimate of drug-likeness (QED) is 0.558. The van der Waals surface area contributed by atoms with Crippen molar-refractivity contribution in [2.45, 2.75) is 25.8 Å². The molecule has 0 spiro atoms. The average Bonchev–Trinajstić information content (AvgIpc) is 2.36. The molecule has 1 unspecified atom stereocenters. The summed E-state index contributed by atoms with van der Waals surface area (Å²) in [5.74, 6) is 0. The molecular formula is C14H19NO. The van der Waals surface area contributed by atoms with Gasteiger partial charge >= 0.3 is 0 Å². The molecule has 1 aromatic carbocycles. The number of anilines is 1. The van der Waals surface area contributed by atoms with Crippen LogP contribution in [0.5, 0.6) is 0 Å². The van der Waals surface area contributed by atoms with Crippen molar-refractivity contribution < 1.29 is 4.79 Å². The highest BCUT2D eigenvalue weighted by Crippen LogP contribution is 2.23. The van der Waals surface area contributed by atoms with E-state index in [1.807, 2.05) is 68.3 Å². The van der Waals surface area contributed by atoms with Gasteiger partial charge in [0.2, 0.25) is 0 Å². The number of nitrogens with zero attached hydrogens (tertiary/aromatic N) is 1. The van der Waals surface area contributed by atoms with Crippen molar-refractivity contribution >= 4 is 12.0 Å². The topological polar surface area (TPSA) is 20.3 Å². The molecule has 0 bridgehead atoms. The molecule has 0 radical (unpaired) electrons. The summed E-state index contributed by atoms with van der Waals surface area (Å²) in [6.07, 6.45) is 5.73. The van der Waals surface area contributed by atoms with Crippen molar-refractivity contribution in [3.05, 3.63) is 42.5 Å². The zero-order valence-electron chi connectivity index (χ0n) is 10.2. The molecule has 0 aliphatic carbocycles. The first-order chi connectivity index (χ1) is 7.64. The molecule has 0 aromatic heterocycles. The fourth-order valence-electron chi connectivity index (χ4n) is 1.57. The maximum atomic E-state index is 11.3. The number of para-hydroxylation sites is 1. The smallest absolute Gasteiger partial charge is 0.145 e. The number of rotatable bonds is 5. The zero-order chi connectivity index (χ0) is 12.0. The average molecular weight is 217 g/mol. The lowest BCUT2D eigenvalue weighted by molar-refractivity contribution is -0.111. The van der Waals surface area contributed by atoms with Crippen LogP contribution < -0.4 is 4.90 Å². The first kappa shape index (κ1) is 12.5. The molecule has 16 heavy (non-hydrogen) atoms. The Morgan fingerprint density at radius 3 is 2.44 bits per heavy atom. The van der Waals surface area contributed by atoms with E-state index < -0.39 is 5.54 Å². The minimum absolute atomic E-state index is 0.478. The number of carbonyl (C=O) groups is 1. The highest BCUT2D eigenvalue weighted by Gasteiger charge is 2.27. The van der Waals surface area contributed by atoms with E-state index in [0.717, 1.165) is 18.4 Å². The summed E-state index contributed by atoms with van der Waals surface area (Å²) < 4.78 is 0. The minimum Gasteiger partial charge on any atom is -0.362 e. The Balaban J connectivity index is 2.92. The lowest BCUT2D eigenvalue weighted by Gasteiger charge is -2.35. The molecule has 0 N–H and O–H groups in total. The van der Waals surface area contributed by atoms with E-state index in [-0.39, 0.29) is 0 Å². The van der Waals surface area contributed by atoms with Crippen LogP contribution in [0, 0.1) is 0 Å². The molecule has 2 heteroatoms. The molecule has 1 atom stereocenters. The highest BCUT2D eigenvalue weighted by molar-refractivity contribution is 5.71. The number of hydrogen-bond acceptors (Lipinski definition) is 2. The first-order valence-corrected chi connectivity index (χ1v) is 5.50. The van der Waals surface area contributed by atoms with E-state index in [2.05, 4.69) is 0 Å². The summed E-state index contributed by atoms with van der Waals surface area (Å²) in [7, 11) is 1.95. The Hall–Kier alpha value is -1.57. The van der Waals surface area contributed by atoms with Crippen molar-refractivity contribution in [2.24, 2.45) is 0 Å². The van der Waals surface area contributed by atoms with E-state index in [1.54, 1.807) is 0 Å². The molecule has 0 heterocycles. The third kappa shape index (κ3) is 2.72. The van der Waals surface area contributed by atoms with E-state index in [4.69, 9.17) is 0 Å². The van der Waals surface area contributed by atoms with Gasteiger partial charge in [0.05, 0.1) is 5.54 Å². The number of benzene rings is 1. The van der Waals surface area contributed by atoms with Gasteiger partial charge < -0.3 is 9.69 Å². The van der Waals surface area contributed by atoms with Gasteiger partial charge in [-0.15, -0.1) is 0 Å². The van der Waals surface area contributed by atoms with E-state index in [0.29, 0.717) is 0 Å². The van der Waals surface area contributed by atoms with Gasteiger partial charge in [0, 0.05) is 12.7 Å². The van der Waals surface area contributed by atoms with Crippen molar-refractivity contribution in [1.29, 1.82) is 0 Å². The second-order valence-corrected chi connectivity index (χ2v) is 4.14. The van der Waals surface area contributed by atoms with Gasteiger partial charge in [0.15, 0.2) is 0 Å². The summed E-state index contributed by atoms with van der Waals surface area (Å²) in [6, 6.07) is 9.95. The molecule has 0 fully saturated rings. The zero-order valence-corrected chi connectivity index (χ0v) is 10.2. The number of carbonyl (C=O) groups excluding carboxylic acids is 1. The molecule has 1 aromatic rings. The van der Waals surface area contributed by atoms with Gasteiger partial charge in [-0.2, -0.15) is 0 Å². The lowest BCUT2D eigenvalue weighted by Crippen LogP contribution is -2.45. The highest BCUT2D eigenvalue weighted by atomic mass is 16.1. The second kappa shape index (κ2) is 5.50. The molecule has 0 aliphatic rings. The molecule has 0 aliphatic heterocycles. The fourth-order valence-corrected chi connectivity index (χ4v) is 1.57. The third-order valence-corrected chi connectivity index (χ3v) is 2.93. The van der Waals surface area contributed by atoms with Gasteiger partial charge in [0.25, 0.3) is 0 Å². The van der Waals surface area contributed by atoms with Gasteiger partial charge in [0.1, 0.15) is 6.29 Å². The van der Waals surface area contributed by atoms with Crippen LogP contribution >= 0.6 is 0 Å². The SMILES string of the molecule is C/C=C/CC(C)(C=O)N(C)c1ccccc1. The van der Waals surface area contributed by atoms with Crippen LogP contribution in [0.2, 0.25) is 0 Å². The second-order valence-electron chi connectivity index (χ2n) is 4.14. The van der Waals surface area contributed by atoms with Crippen molar-refractivity contribution in [2.75, 3.05) is 11.9 Å². The van der Waals surface area contributed by atoms with Crippen molar-refractivity contribution in [3.63, 3.8) is 0 Å². The van der Waals surface area contributed by atoms with Crippen LogP contribution in [0.1, 0.15) is 20.3 Å². The standard InChI is InChI=1S/C14H19NO/c1-4-5-11-14(2,12-16)15(3)13-9-7-6-8-10-13/h4-10,12H,11H2,1-3H3/b5-4+. The number of allylic oxidation sites excluding steroid dienone is 1. The van der Waals surface area contributed by atoms with Crippen molar-refractivity contribution in [1.82, 2.24) is 0 Å². The minimum atomic E-state index is -0.478. The largest absolute Gasteiger partial charge is 0.362 e. The normalized spacial score (nSPS) is 14.7. The summed E-state index contributed by atoms with van der Waals surface area (Å²) >= 11 is 0. The maximum Gasteiger partial charge on any atom is 0.145 e. The fraction of sp³-hybridized carbons (Fsp3) is 0.357. The van der Waals surface area contributed by atoms with Crippen LogP contribution in [0.3, 0.4) is 0 Å². The van der Waals surface area contributed by atoms with E-state index in [1.165, 1.54) is 0 Å². The van der Waals surface area contributed by atoms with Crippen LogP contribution in [0.15, 0.2) is 42.5 Å². The Kier molecular flexibility index (Phi) is 4.29. The Morgan fingerprint density at radius 2 is 1.94 bits per heavy atom. The number of aldehydes is 1. The van der Waals surface area contributed by atoms with E-state index >= 15 is 0 Å². The Bertz CT molecular complexity index is 358. The third-order valence-electron chi connectivity index (χ3n) is 2.93. The number of hydrogen-bond donors (Lipinski definition) is 0. The summed E-state index contributed by atoms with van der Waals surface area (Å²) in [5.41, 5.74) is 0.579. The molecular weight excluding hydrogens is 198 g/mol. The lowest BCUT2D eigenvalue weighted by atomic mass is 9.97. The van der Waals surface area contributed by atoms with Crippen molar-refractivity contribution in [3.8, 4) is 0 Å². The Labute approximate surface area is 97.6 Å². The predicted octanol–water partition coefficient (Wildman–Crippen LogP) is 3.05. The molecule has 0 amide bonds. The van der Waals surface area contributed by atoms with Gasteiger partial charge in [-0.1, -0.05) is 30.4 Å². The maximum absolute atomic E-state index is 11.3. The molecule has 86 valence electrons. The van der Waals surface area contributed by atoms with Crippen LogP contribution in [0.4, 0.5) is 5.69 Å². The summed E-state index contributed by atoms with van der Waals surface area (Å²) in [4.78, 5) is 13.3. The molecule has 1 rings (SSSR count). The summed E-state index contributed by atoms with van der Waals surface area (Å²) in [6.45, 7) is 3.92. The monoisotopic (exact) mass is 217 g/mol. The molecule has 0 saturated carbocycles. The van der Waals surface area contributed by atoms with Crippen LogP contribution in [-0.4, -0.2) is 18.9 Å². The molecule has 2 nitrogen and oxygen atoms in total. The molecule has 0 saturated heterocycles. The van der Waals surface area contributed by atoms with Crippen LogP contribution in [0.25, 0.3) is 0 Å². The van der Waals surface area contributed by atoms with Gasteiger partial charge in [-0.25, -0.2) is 0 Å². The first-order valence-electron chi connectivity index (χ1n) is 5.50. The number of likely N-dealkylation sites (N-methyl/N-ethyl adjacent to an activating group) is 1. The Morgan fingerprint density at radius 1 is 1.31 bits per heavy atom. The predicted molar refractivity (Wildman–Crippen MR) is 68.7 cm³/mol. The van der Waals surface area contributed by atoms with Gasteiger partial charge in [-0.05, 0) is 32.4 Å². The summed E-state index contributed by atoms with van der Waals surface area (Å²) in [5, 5.41) is 0.